The van der Waals surface area contributed by atoms with Gasteiger partial charge in [-0.15, -0.1) is 0 Å². The number of nitrogens with zero attached hydrogens (tertiary/aromatic N) is 2. The Morgan fingerprint density at radius 1 is 1.18 bits per heavy atom. The summed E-state index contributed by atoms with van der Waals surface area (Å²) in [6.45, 7) is 2.32. The molecule has 0 fully saturated rings. The molecule has 6 nitrogen and oxygen atoms in total. The first-order valence-electron chi connectivity index (χ1n) is 9.26. The maximum atomic E-state index is 12.7. The summed E-state index contributed by atoms with van der Waals surface area (Å²) in [5.41, 5.74) is 3.27. The van der Waals surface area contributed by atoms with Crippen LogP contribution in [0.5, 0.6) is 0 Å². The summed E-state index contributed by atoms with van der Waals surface area (Å²) in [5.74, 6) is 0.391. The number of hydrogen-bond donors (Lipinski definition) is 1. The van der Waals surface area contributed by atoms with Crippen LogP contribution in [0.1, 0.15) is 23.9 Å². The standard InChI is InChI=1S/C22H21N3O3/c1-3-14-8-9-16-15(13-28-19(16)10-14)11-21(26)25(2)12-20-23-18-7-5-4-6-17(18)22(27)24-20/h4-10,13H,3,11-12H2,1-2H3,(H,23,24,27). The number of fused-ring (bicyclic) bond motifs is 2. The van der Waals surface area contributed by atoms with E-state index in [4.69, 9.17) is 4.42 Å². The predicted molar refractivity (Wildman–Crippen MR) is 108 cm³/mol. The molecular formula is C22H21N3O3. The molecule has 0 spiro atoms. The zero-order valence-electron chi connectivity index (χ0n) is 15.9. The largest absolute Gasteiger partial charge is 0.464 e. The van der Waals surface area contributed by atoms with Crippen LogP contribution in [-0.4, -0.2) is 27.8 Å². The van der Waals surface area contributed by atoms with Crippen LogP contribution in [0.25, 0.3) is 21.9 Å². The van der Waals surface area contributed by atoms with Gasteiger partial charge in [-0.25, -0.2) is 4.98 Å². The minimum absolute atomic E-state index is 0.0712. The Bertz CT molecular complexity index is 1220. The third-order valence-corrected chi connectivity index (χ3v) is 4.94. The van der Waals surface area contributed by atoms with Gasteiger partial charge in [0, 0.05) is 18.0 Å². The molecule has 1 amide bonds. The molecule has 1 N–H and O–H groups in total. The first kappa shape index (κ1) is 18.0. The second-order valence-corrected chi connectivity index (χ2v) is 6.90. The van der Waals surface area contributed by atoms with Gasteiger partial charge in [-0.2, -0.15) is 0 Å². The van der Waals surface area contributed by atoms with Gasteiger partial charge in [0.05, 0.1) is 30.1 Å². The lowest BCUT2D eigenvalue weighted by atomic mass is 10.1. The van der Waals surface area contributed by atoms with Gasteiger partial charge in [-0.3, -0.25) is 9.59 Å². The molecule has 28 heavy (non-hydrogen) atoms. The van der Waals surface area contributed by atoms with Crippen molar-refractivity contribution in [2.24, 2.45) is 0 Å². The Balaban J connectivity index is 1.52. The number of nitrogens with one attached hydrogen (secondary N) is 1. The lowest BCUT2D eigenvalue weighted by molar-refractivity contribution is -0.129. The van der Waals surface area contributed by atoms with E-state index >= 15 is 0 Å². The van der Waals surface area contributed by atoms with Crippen molar-refractivity contribution < 1.29 is 9.21 Å². The molecule has 0 unspecified atom stereocenters. The van der Waals surface area contributed by atoms with Crippen LogP contribution in [0.2, 0.25) is 0 Å². The molecule has 0 radical (unpaired) electrons. The topological polar surface area (TPSA) is 79.2 Å². The summed E-state index contributed by atoms with van der Waals surface area (Å²) >= 11 is 0. The number of hydrogen-bond acceptors (Lipinski definition) is 4. The SMILES string of the molecule is CCc1ccc2c(CC(=O)N(C)Cc3nc4ccccc4c(=O)[nH]3)coc2c1. The molecule has 0 saturated carbocycles. The summed E-state index contributed by atoms with van der Waals surface area (Å²) in [6.07, 6.45) is 2.81. The zero-order chi connectivity index (χ0) is 19.7. The van der Waals surface area contributed by atoms with Crippen molar-refractivity contribution in [3.8, 4) is 0 Å². The molecule has 4 rings (SSSR count). The molecule has 0 bridgehead atoms. The van der Waals surface area contributed by atoms with E-state index in [2.05, 4.69) is 23.0 Å². The van der Waals surface area contributed by atoms with E-state index in [9.17, 15) is 9.59 Å². The molecule has 4 aromatic rings. The van der Waals surface area contributed by atoms with Crippen molar-refractivity contribution in [1.29, 1.82) is 0 Å². The van der Waals surface area contributed by atoms with E-state index in [1.165, 1.54) is 5.56 Å². The average Bonchev–Trinajstić information content (AvgIpc) is 3.09. The van der Waals surface area contributed by atoms with Gasteiger partial charge in [0.1, 0.15) is 11.4 Å². The summed E-state index contributed by atoms with van der Waals surface area (Å²) < 4.78 is 5.62. The van der Waals surface area contributed by atoms with Crippen LogP contribution in [0.4, 0.5) is 0 Å². The molecule has 0 aliphatic carbocycles. The highest BCUT2D eigenvalue weighted by Gasteiger charge is 2.16. The van der Waals surface area contributed by atoms with E-state index in [0.717, 1.165) is 23.0 Å². The van der Waals surface area contributed by atoms with E-state index in [1.807, 2.05) is 18.2 Å². The number of carbonyl (C=O) groups is 1. The number of aromatic nitrogens is 2. The Morgan fingerprint density at radius 3 is 2.82 bits per heavy atom. The average molecular weight is 375 g/mol. The maximum absolute atomic E-state index is 12.7. The first-order valence-corrected chi connectivity index (χ1v) is 9.26. The fraction of sp³-hybridized carbons (Fsp3) is 0.227. The van der Waals surface area contributed by atoms with Crippen LogP contribution < -0.4 is 5.56 Å². The third-order valence-electron chi connectivity index (χ3n) is 4.94. The molecule has 0 aliphatic heterocycles. The van der Waals surface area contributed by atoms with Crippen LogP contribution in [-0.2, 0) is 24.2 Å². The maximum Gasteiger partial charge on any atom is 0.258 e. The van der Waals surface area contributed by atoms with Gasteiger partial charge in [-0.05, 0) is 30.2 Å². The van der Waals surface area contributed by atoms with Crippen molar-refractivity contribution in [3.05, 3.63) is 76.0 Å². The van der Waals surface area contributed by atoms with Gasteiger partial charge in [-0.1, -0.05) is 31.2 Å². The number of aromatic amines is 1. The molecule has 0 atom stereocenters. The van der Waals surface area contributed by atoms with Crippen molar-refractivity contribution in [1.82, 2.24) is 14.9 Å². The monoisotopic (exact) mass is 375 g/mol. The van der Waals surface area contributed by atoms with Crippen LogP contribution in [0, 0.1) is 0 Å². The summed E-state index contributed by atoms with van der Waals surface area (Å²) in [4.78, 5) is 33.7. The van der Waals surface area contributed by atoms with E-state index < -0.39 is 0 Å². The van der Waals surface area contributed by atoms with Gasteiger partial charge < -0.3 is 14.3 Å². The second-order valence-electron chi connectivity index (χ2n) is 6.90. The van der Waals surface area contributed by atoms with E-state index in [-0.39, 0.29) is 24.4 Å². The summed E-state index contributed by atoms with van der Waals surface area (Å²) in [5, 5.41) is 1.49. The fourth-order valence-corrected chi connectivity index (χ4v) is 3.30. The number of carbonyl (C=O) groups excluding carboxylic acids is 1. The normalized spacial score (nSPS) is 11.2. The Kier molecular flexibility index (Phi) is 4.69. The fourth-order valence-electron chi connectivity index (χ4n) is 3.30. The Hall–Kier alpha value is -3.41. The highest BCUT2D eigenvalue weighted by atomic mass is 16.3. The molecule has 2 heterocycles. The first-order chi connectivity index (χ1) is 13.5. The van der Waals surface area contributed by atoms with Crippen molar-refractivity contribution in [3.63, 3.8) is 0 Å². The van der Waals surface area contributed by atoms with E-state index in [1.54, 1.807) is 36.4 Å². The predicted octanol–water partition coefficient (Wildman–Crippen LogP) is 3.43. The van der Waals surface area contributed by atoms with Crippen molar-refractivity contribution >= 4 is 27.8 Å². The molecule has 142 valence electrons. The van der Waals surface area contributed by atoms with Gasteiger partial charge >= 0.3 is 0 Å². The molecule has 2 aromatic carbocycles. The van der Waals surface area contributed by atoms with Crippen LogP contribution in [0.15, 0.2) is 57.9 Å². The smallest absolute Gasteiger partial charge is 0.258 e. The molecule has 0 saturated heterocycles. The van der Waals surface area contributed by atoms with Crippen molar-refractivity contribution in [2.45, 2.75) is 26.3 Å². The number of H-pyrrole nitrogens is 1. The number of rotatable bonds is 5. The van der Waals surface area contributed by atoms with Gasteiger partial charge in [0.25, 0.3) is 5.56 Å². The van der Waals surface area contributed by atoms with Crippen LogP contribution >= 0.6 is 0 Å². The molecule has 2 aromatic heterocycles. The molecule has 6 heteroatoms. The summed E-state index contributed by atoms with van der Waals surface area (Å²) in [6, 6.07) is 13.2. The Morgan fingerprint density at radius 2 is 2.00 bits per heavy atom. The lowest BCUT2D eigenvalue weighted by Gasteiger charge is -2.16. The number of aryl methyl sites for hydroxylation is 1. The van der Waals surface area contributed by atoms with Gasteiger partial charge in [0.15, 0.2) is 0 Å². The second kappa shape index (κ2) is 7.31. The quantitative estimate of drug-likeness (QED) is 0.580. The number of benzene rings is 2. The van der Waals surface area contributed by atoms with Gasteiger partial charge in [0.2, 0.25) is 5.91 Å². The lowest BCUT2D eigenvalue weighted by Crippen LogP contribution is -2.29. The highest BCUT2D eigenvalue weighted by Crippen LogP contribution is 2.23. The minimum atomic E-state index is -0.200. The number of furan rings is 1. The molecular weight excluding hydrogens is 354 g/mol. The number of likely N-dealkylation sites (N-methyl/N-ethyl adjacent to an activating group) is 1. The summed E-state index contributed by atoms with van der Waals surface area (Å²) in [7, 11) is 1.70. The molecule has 0 aliphatic rings. The van der Waals surface area contributed by atoms with Crippen molar-refractivity contribution in [2.75, 3.05) is 7.05 Å². The zero-order valence-corrected chi connectivity index (χ0v) is 15.9. The Labute approximate surface area is 161 Å². The number of para-hydroxylation sites is 1. The third kappa shape index (κ3) is 3.41. The number of amides is 1. The van der Waals surface area contributed by atoms with Crippen LogP contribution in [0.3, 0.4) is 0 Å². The highest BCUT2D eigenvalue weighted by molar-refractivity contribution is 5.88. The van der Waals surface area contributed by atoms with E-state index in [0.29, 0.717) is 16.7 Å². The minimum Gasteiger partial charge on any atom is -0.464 e.